The van der Waals surface area contributed by atoms with E-state index < -0.39 is 0 Å². The summed E-state index contributed by atoms with van der Waals surface area (Å²) in [6, 6.07) is 12.1. The average Bonchev–Trinajstić information content (AvgIpc) is 2.47. The van der Waals surface area contributed by atoms with Crippen LogP contribution in [0.4, 0.5) is 5.69 Å². The molecule has 1 N–H and O–H groups in total. The van der Waals surface area contributed by atoms with Crippen molar-refractivity contribution >= 4 is 23.2 Å². The predicted octanol–water partition coefficient (Wildman–Crippen LogP) is 3.61. The number of amides is 1. The topological polar surface area (TPSA) is 47.6 Å². The minimum atomic E-state index is -0.260. The first-order valence-corrected chi connectivity index (χ1v) is 6.31. The Kier molecular flexibility index (Phi) is 4.48. The van der Waals surface area contributed by atoms with Crippen LogP contribution in [0.5, 0.6) is 11.5 Å². The number of nitrogens with one attached hydrogen (secondary N) is 1. The highest BCUT2D eigenvalue weighted by Crippen LogP contribution is 2.28. The SMILES string of the molecule is COc1ccc(NC(=O)c2ccccc2OC)cc1Cl. The van der Waals surface area contributed by atoms with E-state index in [4.69, 9.17) is 21.1 Å². The van der Waals surface area contributed by atoms with Gasteiger partial charge in [0.05, 0.1) is 24.8 Å². The molecule has 0 radical (unpaired) electrons. The molecule has 0 aliphatic heterocycles. The van der Waals surface area contributed by atoms with Gasteiger partial charge in [0.2, 0.25) is 0 Å². The fourth-order valence-electron chi connectivity index (χ4n) is 1.77. The maximum Gasteiger partial charge on any atom is 0.259 e. The average molecular weight is 292 g/mol. The number of anilines is 1. The van der Waals surface area contributed by atoms with E-state index in [1.807, 2.05) is 0 Å². The Morgan fingerprint density at radius 1 is 1.05 bits per heavy atom. The van der Waals surface area contributed by atoms with Gasteiger partial charge in [-0.05, 0) is 30.3 Å². The fraction of sp³-hybridized carbons (Fsp3) is 0.133. The second kappa shape index (κ2) is 6.30. The molecule has 104 valence electrons. The smallest absolute Gasteiger partial charge is 0.259 e. The molecular formula is C15H14ClNO3. The first-order chi connectivity index (χ1) is 9.65. The lowest BCUT2D eigenvalue weighted by Crippen LogP contribution is -2.13. The van der Waals surface area contributed by atoms with E-state index >= 15 is 0 Å². The van der Waals surface area contributed by atoms with E-state index in [0.717, 1.165) is 0 Å². The number of carbonyl (C=O) groups excluding carboxylic acids is 1. The highest BCUT2D eigenvalue weighted by Gasteiger charge is 2.12. The zero-order valence-corrected chi connectivity index (χ0v) is 11.9. The molecule has 2 aromatic rings. The zero-order valence-electron chi connectivity index (χ0n) is 11.1. The van der Waals surface area contributed by atoms with Gasteiger partial charge >= 0.3 is 0 Å². The summed E-state index contributed by atoms with van der Waals surface area (Å²) < 4.78 is 10.2. The zero-order chi connectivity index (χ0) is 14.5. The van der Waals surface area contributed by atoms with Crippen LogP contribution < -0.4 is 14.8 Å². The molecule has 4 nitrogen and oxygen atoms in total. The van der Waals surface area contributed by atoms with Crippen LogP contribution in [0.2, 0.25) is 5.02 Å². The summed E-state index contributed by atoms with van der Waals surface area (Å²) in [6.07, 6.45) is 0. The van der Waals surface area contributed by atoms with Crippen LogP contribution >= 0.6 is 11.6 Å². The molecule has 0 heterocycles. The number of carbonyl (C=O) groups is 1. The third-order valence-electron chi connectivity index (χ3n) is 2.76. The van der Waals surface area contributed by atoms with Gasteiger partial charge in [0, 0.05) is 5.69 Å². The van der Waals surface area contributed by atoms with Crippen molar-refractivity contribution in [3.63, 3.8) is 0 Å². The monoisotopic (exact) mass is 291 g/mol. The first kappa shape index (κ1) is 14.2. The second-order valence-electron chi connectivity index (χ2n) is 4.00. The third kappa shape index (κ3) is 3.03. The van der Waals surface area contributed by atoms with Crippen LogP contribution in [0.1, 0.15) is 10.4 Å². The van der Waals surface area contributed by atoms with Gasteiger partial charge in [-0.2, -0.15) is 0 Å². The highest BCUT2D eigenvalue weighted by molar-refractivity contribution is 6.32. The first-order valence-electron chi connectivity index (χ1n) is 5.93. The van der Waals surface area contributed by atoms with Crippen molar-refractivity contribution in [3.8, 4) is 11.5 Å². The maximum absolute atomic E-state index is 12.2. The molecule has 0 saturated carbocycles. The molecule has 0 atom stereocenters. The van der Waals surface area contributed by atoms with Gasteiger partial charge in [0.25, 0.3) is 5.91 Å². The van der Waals surface area contributed by atoms with Crippen molar-refractivity contribution in [2.24, 2.45) is 0 Å². The molecule has 2 aromatic carbocycles. The highest BCUT2D eigenvalue weighted by atomic mass is 35.5. The molecule has 20 heavy (non-hydrogen) atoms. The lowest BCUT2D eigenvalue weighted by molar-refractivity contribution is 0.102. The molecule has 5 heteroatoms. The summed E-state index contributed by atoms with van der Waals surface area (Å²) in [6.45, 7) is 0. The summed E-state index contributed by atoms with van der Waals surface area (Å²) in [7, 11) is 3.06. The summed E-state index contributed by atoms with van der Waals surface area (Å²) in [5, 5.41) is 3.20. The number of methoxy groups -OCH3 is 2. The predicted molar refractivity (Wildman–Crippen MR) is 79.0 cm³/mol. The Morgan fingerprint density at radius 3 is 2.40 bits per heavy atom. The summed E-state index contributed by atoms with van der Waals surface area (Å²) in [4.78, 5) is 12.2. The van der Waals surface area contributed by atoms with E-state index in [1.165, 1.54) is 14.2 Å². The standard InChI is InChI=1S/C15H14ClNO3/c1-19-13-6-4-3-5-11(13)15(18)17-10-7-8-14(20-2)12(16)9-10/h3-9H,1-2H3,(H,17,18). The van der Waals surface area contributed by atoms with Crippen molar-refractivity contribution in [3.05, 3.63) is 53.1 Å². The summed E-state index contributed by atoms with van der Waals surface area (Å²) in [5.74, 6) is 0.815. The van der Waals surface area contributed by atoms with Gasteiger partial charge in [-0.15, -0.1) is 0 Å². The van der Waals surface area contributed by atoms with Crippen LogP contribution in [0.15, 0.2) is 42.5 Å². The van der Waals surface area contributed by atoms with Crippen molar-refractivity contribution in [1.29, 1.82) is 0 Å². The van der Waals surface area contributed by atoms with E-state index in [0.29, 0.717) is 27.8 Å². The van der Waals surface area contributed by atoms with Gasteiger partial charge in [-0.25, -0.2) is 0 Å². The third-order valence-corrected chi connectivity index (χ3v) is 3.06. The molecule has 0 spiro atoms. The Labute approximate surface area is 122 Å². The number of hydrogen-bond acceptors (Lipinski definition) is 3. The maximum atomic E-state index is 12.2. The molecular weight excluding hydrogens is 278 g/mol. The Morgan fingerprint density at radius 2 is 1.75 bits per heavy atom. The molecule has 0 aliphatic carbocycles. The lowest BCUT2D eigenvalue weighted by Gasteiger charge is -2.10. The van der Waals surface area contributed by atoms with Crippen LogP contribution in [0, 0.1) is 0 Å². The van der Waals surface area contributed by atoms with Gasteiger partial charge < -0.3 is 14.8 Å². The van der Waals surface area contributed by atoms with E-state index in [1.54, 1.807) is 42.5 Å². The molecule has 2 rings (SSSR count). The molecule has 0 aromatic heterocycles. The summed E-state index contributed by atoms with van der Waals surface area (Å²) in [5.41, 5.74) is 1.05. The Hall–Kier alpha value is -2.20. The van der Waals surface area contributed by atoms with Gasteiger partial charge in [0.1, 0.15) is 11.5 Å². The van der Waals surface area contributed by atoms with Gasteiger partial charge in [-0.1, -0.05) is 23.7 Å². The van der Waals surface area contributed by atoms with Crippen LogP contribution in [-0.4, -0.2) is 20.1 Å². The number of ether oxygens (including phenoxy) is 2. The Balaban J connectivity index is 2.21. The van der Waals surface area contributed by atoms with Crippen LogP contribution in [-0.2, 0) is 0 Å². The van der Waals surface area contributed by atoms with Gasteiger partial charge in [0.15, 0.2) is 0 Å². The van der Waals surface area contributed by atoms with Gasteiger partial charge in [-0.3, -0.25) is 4.79 Å². The fourth-order valence-corrected chi connectivity index (χ4v) is 2.03. The largest absolute Gasteiger partial charge is 0.496 e. The van der Waals surface area contributed by atoms with E-state index in [9.17, 15) is 4.79 Å². The number of rotatable bonds is 4. The minimum absolute atomic E-state index is 0.260. The molecule has 1 amide bonds. The van der Waals surface area contributed by atoms with Crippen molar-refractivity contribution in [2.45, 2.75) is 0 Å². The molecule has 0 aliphatic rings. The Bertz CT molecular complexity index is 628. The molecule has 0 saturated heterocycles. The number of para-hydroxylation sites is 1. The molecule has 0 fully saturated rings. The second-order valence-corrected chi connectivity index (χ2v) is 4.41. The normalized spacial score (nSPS) is 9.95. The number of halogens is 1. The quantitative estimate of drug-likeness (QED) is 0.936. The van der Waals surface area contributed by atoms with Crippen molar-refractivity contribution in [1.82, 2.24) is 0 Å². The van der Waals surface area contributed by atoms with Crippen LogP contribution in [0.3, 0.4) is 0 Å². The summed E-state index contributed by atoms with van der Waals surface area (Å²) >= 11 is 6.02. The minimum Gasteiger partial charge on any atom is -0.496 e. The number of benzene rings is 2. The van der Waals surface area contributed by atoms with E-state index in [2.05, 4.69) is 5.32 Å². The van der Waals surface area contributed by atoms with E-state index in [-0.39, 0.29) is 5.91 Å². The van der Waals surface area contributed by atoms with Crippen molar-refractivity contribution < 1.29 is 14.3 Å². The number of hydrogen-bond donors (Lipinski definition) is 1. The molecule has 0 unspecified atom stereocenters. The lowest BCUT2D eigenvalue weighted by atomic mass is 10.2. The van der Waals surface area contributed by atoms with Crippen LogP contribution in [0.25, 0.3) is 0 Å². The molecule has 0 bridgehead atoms. The van der Waals surface area contributed by atoms with Crippen molar-refractivity contribution in [2.75, 3.05) is 19.5 Å².